The van der Waals surface area contributed by atoms with Gasteiger partial charge >= 0.3 is 12.3 Å². The van der Waals surface area contributed by atoms with Gasteiger partial charge in [0.15, 0.2) is 0 Å². The SMILES string of the molecule is O=C(Nc1cccc(C(F)(F)F)c1Cl)OCC1c2ccccc2-c2ccccc21. The van der Waals surface area contributed by atoms with E-state index in [9.17, 15) is 18.0 Å². The van der Waals surface area contributed by atoms with Crippen LogP contribution in [-0.2, 0) is 10.9 Å². The maximum Gasteiger partial charge on any atom is 0.417 e. The van der Waals surface area contributed by atoms with Crippen molar-refractivity contribution in [1.82, 2.24) is 0 Å². The molecule has 29 heavy (non-hydrogen) atoms. The first-order chi connectivity index (χ1) is 13.9. The quantitative estimate of drug-likeness (QED) is 0.513. The predicted molar refractivity (Wildman–Crippen MR) is 105 cm³/mol. The Balaban J connectivity index is 1.50. The molecule has 0 bridgehead atoms. The fraction of sp³-hybridized carbons (Fsp3) is 0.136. The fourth-order valence-corrected chi connectivity index (χ4v) is 3.87. The van der Waals surface area contributed by atoms with Crippen molar-refractivity contribution in [2.75, 3.05) is 11.9 Å². The molecule has 148 valence electrons. The summed E-state index contributed by atoms with van der Waals surface area (Å²) in [5.74, 6) is -0.148. The standard InChI is InChI=1S/C22H15ClF3NO2/c23-20-18(22(24,25)26)10-5-11-19(20)27-21(28)29-12-17-15-8-3-1-6-13(15)14-7-2-4-9-16(14)17/h1-11,17H,12H2,(H,27,28). The minimum absolute atomic E-state index is 0.0520. The zero-order valence-electron chi connectivity index (χ0n) is 15.0. The summed E-state index contributed by atoms with van der Waals surface area (Å²) in [7, 11) is 0. The van der Waals surface area contributed by atoms with Crippen molar-refractivity contribution in [3.63, 3.8) is 0 Å². The predicted octanol–water partition coefficient (Wildman–Crippen LogP) is 6.72. The average Bonchev–Trinajstić information content (AvgIpc) is 3.01. The van der Waals surface area contributed by atoms with Crippen molar-refractivity contribution < 1.29 is 22.7 Å². The molecule has 0 saturated carbocycles. The molecule has 0 atom stereocenters. The zero-order chi connectivity index (χ0) is 20.6. The monoisotopic (exact) mass is 417 g/mol. The van der Waals surface area contributed by atoms with Gasteiger partial charge in [-0.2, -0.15) is 13.2 Å². The maximum absolute atomic E-state index is 13.0. The van der Waals surface area contributed by atoms with Crippen LogP contribution in [0, 0.1) is 0 Å². The first-order valence-electron chi connectivity index (χ1n) is 8.84. The zero-order valence-corrected chi connectivity index (χ0v) is 15.7. The second-order valence-corrected chi connectivity index (χ2v) is 6.99. The summed E-state index contributed by atoms with van der Waals surface area (Å²) < 4.78 is 44.2. The van der Waals surface area contributed by atoms with Crippen molar-refractivity contribution in [2.24, 2.45) is 0 Å². The second-order valence-electron chi connectivity index (χ2n) is 6.62. The third-order valence-corrected chi connectivity index (χ3v) is 5.29. The highest BCUT2D eigenvalue weighted by atomic mass is 35.5. The molecular formula is C22H15ClF3NO2. The molecule has 3 aromatic carbocycles. The lowest BCUT2D eigenvalue weighted by molar-refractivity contribution is -0.137. The molecule has 0 radical (unpaired) electrons. The highest BCUT2D eigenvalue weighted by Gasteiger charge is 2.34. The third kappa shape index (κ3) is 3.68. The van der Waals surface area contributed by atoms with Crippen LogP contribution in [0.4, 0.5) is 23.7 Å². The molecule has 0 fully saturated rings. The Morgan fingerprint density at radius 1 is 0.931 bits per heavy atom. The minimum atomic E-state index is -4.62. The van der Waals surface area contributed by atoms with Gasteiger partial charge in [-0.25, -0.2) is 4.79 Å². The molecule has 1 aliphatic carbocycles. The molecule has 0 spiro atoms. The van der Waals surface area contributed by atoms with Gasteiger partial charge in [0, 0.05) is 5.92 Å². The van der Waals surface area contributed by atoms with E-state index < -0.39 is 22.9 Å². The lowest BCUT2D eigenvalue weighted by Crippen LogP contribution is -2.18. The Labute approximate surface area is 170 Å². The van der Waals surface area contributed by atoms with E-state index in [0.717, 1.165) is 28.3 Å². The fourth-order valence-electron chi connectivity index (χ4n) is 3.59. The molecule has 1 amide bonds. The van der Waals surface area contributed by atoms with Crippen LogP contribution in [-0.4, -0.2) is 12.7 Å². The number of hydrogen-bond donors (Lipinski definition) is 1. The normalized spacial score (nSPS) is 13.0. The Kier molecular flexibility index (Phi) is 4.96. The van der Waals surface area contributed by atoms with Gasteiger partial charge in [0.1, 0.15) is 6.61 Å². The van der Waals surface area contributed by atoms with Crippen molar-refractivity contribution in [3.05, 3.63) is 88.4 Å². The van der Waals surface area contributed by atoms with Crippen LogP contribution in [0.5, 0.6) is 0 Å². The van der Waals surface area contributed by atoms with Crippen LogP contribution in [0.3, 0.4) is 0 Å². The van der Waals surface area contributed by atoms with Crippen molar-refractivity contribution in [2.45, 2.75) is 12.1 Å². The van der Waals surface area contributed by atoms with Crippen LogP contribution >= 0.6 is 11.6 Å². The van der Waals surface area contributed by atoms with E-state index in [1.807, 2.05) is 48.5 Å². The second kappa shape index (κ2) is 7.44. The summed E-state index contributed by atoms with van der Waals surface area (Å²) in [5, 5.41) is 1.73. The van der Waals surface area contributed by atoms with Gasteiger partial charge in [0.05, 0.1) is 16.3 Å². The highest BCUT2D eigenvalue weighted by molar-refractivity contribution is 6.34. The van der Waals surface area contributed by atoms with Crippen molar-refractivity contribution >= 4 is 23.4 Å². The number of amides is 1. The largest absolute Gasteiger partial charge is 0.448 e. The van der Waals surface area contributed by atoms with Gasteiger partial charge in [-0.1, -0.05) is 66.2 Å². The molecule has 1 N–H and O–H groups in total. The Morgan fingerprint density at radius 2 is 1.52 bits per heavy atom. The van der Waals surface area contributed by atoms with Gasteiger partial charge < -0.3 is 4.74 Å². The molecule has 0 unspecified atom stereocenters. The molecule has 3 aromatic rings. The van der Waals surface area contributed by atoms with E-state index in [1.54, 1.807) is 0 Å². The summed E-state index contributed by atoms with van der Waals surface area (Å²) in [6, 6.07) is 19.0. The number of benzene rings is 3. The van der Waals surface area contributed by atoms with Crippen LogP contribution in [0.2, 0.25) is 5.02 Å². The van der Waals surface area contributed by atoms with Gasteiger partial charge in [-0.3, -0.25) is 5.32 Å². The lowest BCUT2D eigenvalue weighted by atomic mass is 9.98. The molecule has 3 nitrogen and oxygen atoms in total. The molecule has 7 heteroatoms. The van der Waals surface area contributed by atoms with E-state index in [0.29, 0.717) is 0 Å². The molecule has 0 aliphatic heterocycles. The Hall–Kier alpha value is -2.99. The number of hydrogen-bond acceptors (Lipinski definition) is 2. The lowest BCUT2D eigenvalue weighted by Gasteiger charge is -2.16. The van der Waals surface area contributed by atoms with E-state index in [1.165, 1.54) is 12.1 Å². The number of rotatable bonds is 3. The molecule has 0 heterocycles. The summed E-state index contributed by atoms with van der Waals surface area (Å²) in [6.07, 6.45) is -5.48. The molecule has 1 aliphatic rings. The summed E-state index contributed by atoms with van der Waals surface area (Å²) in [5.41, 5.74) is 3.07. The Morgan fingerprint density at radius 3 is 2.10 bits per heavy atom. The van der Waals surface area contributed by atoms with E-state index in [-0.39, 0.29) is 18.2 Å². The summed E-state index contributed by atoms with van der Waals surface area (Å²) >= 11 is 5.81. The first-order valence-corrected chi connectivity index (χ1v) is 9.22. The van der Waals surface area contributed by atoms with Crippen LogP contribution < -0.4 is 5.32 Å². The van der Waals surface area contributed by atoms with Gasteiger partial charge in [-0.15, -0.1) is 0 Å². The highest BCUT2D eigenvalue weighted by Crippen LogP contribution is 2.44. The van der Waals surface area contributed by atoms with E-state index in [4.69, 9.17) is 16.3 Å². The molecular weight excluding hydrogens is 403 g/mol. The molecule has 0 aromatic heterocycles. The number of fused-ring (bicyclic) bond motifs is 3. The number of carbonyl (C=O) groups is 1. The van der Waals surface area contributed by atoms with Crippen molar-refractivity contribution in [3.8, 4) is 11.1 Å². The third-order valence-electron chi connectivity index (χ3n) is 4.88. The number of nitrogens with one attached hydrogen (secondary N) is 1. The van der Waals surface area contributed by atoms with Crippen molar-refractivity contribution in [1.29, 1.82) is 0 Å². The molecule has 4 rings (SSSR count). The summed E-state index contributed by atoms with van der Waals surface area (Å²) in [6.45, 7) is 0.0520. The smallest absolute Gasteiger partial charge is 0.417 e. The van der Waals surface area contributed by atoms with E-state index in [2.05, 4.69) is 5.32 Å². The van der Waals surface area contributed by atoms with Crippen LogP contribution in [0.25, 0.3) is 11.1 Å². The maximum atomic E-state index is 13.0. The minimum Gasteiger partial charge on any atom is -0.448 e. The first kappa shape index (κ1) is 19.3. The van der Waals surface area contributed by atoms with Gasteiger partial charge in [-0.05, 0) is 34.4 Å². The number of ether oxygens (including phenoxy) is 1. The molecule has 0 saturated heterocycles. The van der Waals surface area contributed by atoms with Crippen LogP contribution in [0.1, 0.15) is 22.6 Å². The number of halogens is 4. The number of alkyl halides is 3. The van der Waals surface area contributed by atoms with Crippen LogP contribution in [0.15, 0.2) is 66.7 Å². The topological polar surface area (TPSA) is 38.3 Å². The number of carbonyl (C=O) groups excluding carboxylic acids is 1. The Bertz CT molecular complexity index is 1040. The average molecular weight is 418 g/mol. The summed E-state index contributed by atoms with van der Waals surface area (Å²) in [4.78, 5) is 12.2. The number of anilines is 1. The van der Waals surface area contributed by atoms with Gasteiger partial charge in [0.2, 0.25) is 0 Å². The van der Waals surface area contributed by atoms with Gasteiger partial charge in [0.25, 0.3) is 0 Å². The van der Waals surface area contributed by atoms with E-state index >= 15 is 0 Å².